The largest absolute Gasteiger partial charge is 0.495 e. The maximum Gasteiger partial charge on any atom is 0.258 e. The molecule has 160 valence electrons. The molecule has 0 fully saturated rings. The first-order chi connectivity index (χ1) is 14.9. The number of benzene rings is 3. The number of ether oxygens (including phenoxy) is 2. The number of anilines is 3. The van der Waals surface area contributed by atoms with Crippen LogP contribution in [0.2, 0.25) is 5.02 Å². The molecule has 0 saturated carbocycles. The molecular weight excluding hydrogens is 441 g/mol. The molecule has 3 aromatic carbocycles. The van der Waals surface area contributed by atoms with Crippen LogP contribution >= 0.6 is 23.8 Å². The van der Waals surface area contributed by atoms with Crippen LogP contribution < -0.4 is 25.4 Å². The number of nitrogens with one attached hydrogen (secondary N) is 3. The zero-order valence-corrected chi connectivity index (χ0v) is 18.2. The highest BCUT2D eigenvalue weighted by molar-refractivity contribution is 7.80. The van der Waals surface area contributed by atoms with E-state index in [0.717, 1.165) is 0 Å². The Labute approximate surface area is 189 Å². The number of methoxy groups -OCH3 is 2. The first kappa shape index (κ1) is 22.3. The van der Waals surface area contributed by atoms with Crippen LogP contribution in [0.25, 0.3) is 0 Å². The molecule has 0 aliphatic carbocycles. The molecule has 0 aliphatic heterocycles. The summed E-state index contributed by atoms with van der Waals surface area (Å²) >= 11 is 11.5. The molecule has 0 spiro atoms. The minimum absolute atomic E-state index is 0.0258. The van der Waals surface area contributed by atoms with Gasteiger partial charge in [0, 0.05) is 17.4 Å². The van der Waals surface area contributed by atoms with Crippen LogP contribution in [0.3, 0.4) is 0 Å². The van der Waals surface area contributed by atoms with E-state index in [-0.39, 0.29) is 5.56 Å². The molecule has 1 amide bonds. The normalized spacial score (nSPS) is 10.2. The van der Waals surface area contributed by atoms with E-state index in [1.54, 1.807) is 42.5 Å². The molecule has 0 aliphatic rings. The average molecular weight is 460 g/mol. The van der Waals surface area contributed by atoms with Crippen LogP contribution in [0.15, 0.2) is 60.7 Å². The monoisotopic (exact) mass is 459 g/mol. The minimum atomic E-state index is -0.580. The van der Waals surface area contributed by atoms with Crippen LogP contribution in [-0.4, -0.2) is 25.2 Å². The summed E-state index contributed by atoms with van der Waals surface area (Å²) in [5.74, 6) is -0.115. The lowest BCUT2D eigenvalue weighted by Crippen LogP contribution is -2.19. The van der Waals surface area contributed by atoms with Gasteiger partial charge in [-0.05, 0) is 54.7 Å². The van der Waals surface area contributed by atoms with Gasteiger partial charge in [0.05, 0.1) is 30.5 Å². The van der Waals surface area contributed by atoms with Crippen molar-refractivity contribution >= 4 is 51.9 Å². The molecule has 31 heavy (non-hydrogen) atoms. The summed E-state index contributed by atoms with van der Waals surface area (Å²) in [6, 6.07) is 15.9. The van der Waals surface area contributed by atoms with E-state index in [9.17, 15) is 9.18 Å². The number of amides is 1. The van der Waals surface area contributed by atoms with Gasteiger partial charge in [-0.3, -0.25) is 4.79 Å². The third-order valence-electron chi connectivity index (χ3n) is 4.24. The number of carbonyl (C=O) groups is 1. The zero-order chi connectivity index (χ0) is 22.4. The van der Waals surface area contributed by atoms with Gasteiger partial charge in [-0.2, -0.15) is 0 Å². The van der Waals surface area contributed by atoms with Gasteiger partial charge in [0.15, 0.2) is 5.11 Å². The second kappa shape index (κ2) is 10.1. The summed E-state index contributed by atoms with van der Waals surface area (Å²) in [6.45, 7) is 0. The van der Waals surface area contributed by atoms with Crippen molar-refractivity contribution in [2.45, 2.75) is 0 Å². The Morgan fingerprint density at radius 3 is 2.13 bits per heavy atom. The van der Waals surface area contributed by atoms with Crippen LogP contribution in [0, 0.1) is 5.82 Å². The number of hydrogen-bond donors (Lipinski definition) is 3. The highest BCUT2D eigenvalue weighted by Gasteiger charge is 2.12. The van der Waals surface area contributed by atoms with E-state index in [1.807, 2.05) is 0 Å². The van der Waals surface area contributed by atoms with E-state index in [2.05, 4.69) is 16.0 Å². The quantitative estimate of drug-likeness (QED) is 0.419. The lowest BCUT2D eigenvalue weighted by atomic mass is 10.2. The molecule has 3 N–H and O–H groups in total. The van der Waals surface area contributed by atoms with Gasteiger partial charge >= 0.3 is 0 Å². The summed E-state index contributed by atoms with van der Waals surface area (Å²) in [7, 11) is 3.04. The van der Waals surface area contributed by atoms with Gasteiger partial charge in [0.1, 0.15) is 17.3 Å². The predicted octanol–water partition coefficient (Wildman–Crippen LogP) is 5.56. The molecule has 0 radical (unpaired) electrons. The molecule has 6 nitrogen and oxygen atoms in total. The first-order valence-electron chi connectivity index (χ1n) is 9.06. The smallest absolute Gasteiger partial charge is 0.258 e. The van der Waals surface area contributed by atoms with Gasteiger partial charge < -0.3 is 25.4 Å². The first-order valence-corrected chi connectivity index (χ1v) is 9.85. The third kappa shape index (κ3) is 5.62. The maximum atomic E-state index is 13.7. The Balaban J connectivity index is 1.63. The lowest BCUT2D eigenvalue weighted by Gasteiger charge is -2.15. The van der Waals surface area contributed by atoms with Crippen molar-refractivity contribution in [1.82, 2.24) is 0 Å². The third-order valence-corrected chi connectivity index (χ3v) is 4.74. The van der Waals surface area contributed by atoms with Crippen LogP contribution in [0.1, 0.15) is 10.4 Å². The van der Waals surface area contributed by atoms with E-state index >= 15 is 0 Å². The fourth-order valence-corrected chi connectivity index (χ4v) is 3.19. The topological polar surface area (TPSA) is 71.6 Å². The summed E-state index contributed by atoms with van der Waals surface area (Å²) < 4.78 is 24.2. The minimum Gasteiger partial charge on any atom is -0.495 e. The molecule has 0 heterocycles. The van der Waals surface area contributed by atoms with Gasteiger partial charge in [-0.1, -0.05) is 23.7 Å². The second-order valence-corrected chi connectivity index (χ2v) is 7.09. The van der Waals surface area contributed by atoms with Crippen LogP contribution in [0.5, 0.6) is 11.5 Å². The molecule has 9 heteroatoms. The van der Waals surface area contributed by atoms with E-state index in [1.165, 1.54) is 32.4 Å². The van der Waals surface area contributed by atoms with Crippen molar-refractivity contribution in [2.24, 2.45) is 0 Å². The van der Waals surface area contributed by atoms with Gasteiger partial charge in [-0.25, -0.2) is 4.39 Å². The van der Waals surface area contributed by atoms with E-state index in [4.69, 9.17) is 33.3 Å². The summed E-state index contributed by atoms with van der Waals surface area (Å²) in [6.07, 6.45) is 0. The molecular formula is C22H19ClFN3O3S. The Bertz CT molecular complexity index is 1110. The van der Waals surface area contributed by atoms with Crippen molar-refractivity contribution in [3.63, 3.8) is 0 Å². The number of halogens is 2. The fraction of sp³-hybridized carbons (Fsp3) is 0.0909. The molecule has 0 saturated heterocycles. The predicted molar refractivity (Wildman–Crippen MR) is 125 cm³/mol. The molecule has 3 rings (SSSR count). The Morgan fingerprint density at radius 1 is 0.903 bits per heavy atom. The molecule has 0 bridgehead atoms. The molecule has 0 atom stereocenters. The van der Waals surface area contributed by atoms with Crippen LogP contribution in [-0.2, 0) is 0 Å². The summed E-state index contributed by atoms with van der Waals surface area (Å²) in [5.41, 5.74) is 1.74. The second-order valence-electron chi connectivity index (χ2n) is 6.28. The molecule has 0 unspecified atom stereocenters. The van der Waals surface area contributed by atoms with Gasteiger partial charge in [-0.15, -0.1) is 0 Å². The molecule has 3 aromatic rings. The van der Waals surface area contributed by atoms with Crippen molar-refractivity contribution in [3.8, 4) is 11.5 Å². The molecule has 0 aromatic heterocycles. The number of rotatable bonds is 6. The Kier molecular flexibility index (Phi) is 7.28. The van der Waals surface area contributed by atoms with Gasteiger partial charge in [0.25, 0.3) is 5.91 Å². The highest BCUT2D eigenvalue weighted by atomic mass is 35.5. The maximum absolute atomic E-state index is 13.7. The van der Waals surface area contributed by atoms with E-state index < -0.39 is 11.7 Å². The SMILES string of the molecule is COc1cc(OC)c(NC(=S)Nc2ccc(NC(=O)c3ccccc3F)cc2)cc1Cl. The van der Waals surface area contributed by atoms with Gasteiger partial charge in [0.2, 0.25) is 0 Å². The van der Waals surface area contributed by atoms with E-state index in [0.29, 0.717) is 38.7 Å². The summed E-state index contributed by atoms with van der Waals surface area (Å²) in [5, 5.41) is 9.42. The standard InChI is InChI=1S/C22H19ClFN3O3S/c1-29-19-12-20(30-2)18(11-16(19)23)27-22(31)26-14-9-7-13(8-10-14)25-21(28)15-5-3-4-6-17(15)24/h3-12H,1-2H3,(H,25,28)(H2,26,27,31). The Hall–Kier alpha value is -3.36. The van der Waals surface area contributed by atoms with Crippen molar-refractivity contribution in [1.29, 1.82) is 0 Å². The lowest BCUT2D eigenvalue weighted by molar-refractivity contribution is 0.102. The highest BCUT2D eigenvalue weighted by Crippen LogP contribution is 2.36. The number of hydrogen-bond acceptors (Lipinski definition) is 4. The van der Waals surface area contributed by atoms with Crippen molar-refractivity contribution < 1.29 is 18.7 Å². The number of thiocarbonyl (C=S) groups is 1. The van der Waals surface area contributed by atoms with Crippen molar-refractivity contribution in [2.75, 3.05) is 30.2 Å². The zero-order valence-electron chi connectivity index (χ0n) is 16.7. The number of carbonyl (C=O) groups excluding carboxylic acids is 1. The van der Waals surface area contributed by atoms with Crippen molar-refractivity contribution in [3.05, 3.63) is 77.1 Å². The Morgan fingerprint density at radius 2 is 1.52 bits per heavy atom. The van der Waals surface area contributed by atoms with Crippen LogP contribution in [0.4, 0.5) is 21.5 Å². The fourth-order valence-electron chi connectivity index (χ4n) is 2.72. The average Bonchev–Trinajstić information content (AvgIpc) is 2.75. The summed E-state index contributed by atoms with van der Waals surface area (Å²) in [4.78, 5) is 12.2.